The fourth-order valence-electron chi connectivity index (χ4n) is 1.19. The predicted molar refractivity (Wildman–Crippen MR) is 58.2 cm³/mol. The minimum Gasteiger partial charge on any atom is -0.395 e. The van der Waals surface area contributed by atoms with Crippen molar-refractivity contribution in [3.05, 3.63) is 29.3 Å². The van der Waals surface area contributed by atoms with Crippen LogP contribution in [-0.2, 0) is 10.0 Å². The molecule has 0 amide bonds. The standard InChI is InChI=1S/C10H12N2O3S/c1-8-6-10(3-2-9(8)7-11)16(14,15)12-4-5-13/h2-3,6,12-13H,4-5H2,1H3. The van der Waals surface area contributed by atoms with Crippen LogP contribution >= 0.6 is 0 Å². The first-order valence-corrected chi connectivity index (χ1v) is 6.11. The molecule has 0 unspecified atom stereocenters. The lowest BCUT2D eigenvalue weighted by Crippen LogP contribution is -2.26. The molecule has 0 fully saturated rings. The summed E-state index contributed by atoms with van der Waals surface area (Å²) in [5, 5.41) is 17.2. The Kier molecular flexibility index (Phi) is 4.01. The van der Waals surface area contributed by atoms with E-state index < -0.39 is 10.0 Å². The summed E-state index contributed by atoms with van der Waals surface area (Å²) in [5.41, 5.74) is 1.05. The van der Waals surface area contributed by atoms with E-state index in [1.165, 1.54) is 18.2 Å². The molecule has 1 aromatic carbocycles. The van der Waals surface area contributed by atoms with Gasteiger partial charge in [0.15, 0.2) is 0 Å². The number of sulfonamides is 1. The summed E-state index contributed by atoms with van der Waals surface area (Å²) in [4.78, 5) is 0.0949. The van der Waals surface area contributed by atoms with Crippen LogP contribution in [-0.4, -0.2) is 26.7 Å². The zero-order valence-electron chi connectivity index (χ0n) is 8.77. The van der Waals surface area contributed by atoms with Crippen molar-refractivity contribution in [2.24, 2.45) is 0 Å². The van der Waals surface area contributed by atoms with Crippen molar-refractivity contribution in [1.29, 1.82) is 5.26 Å². The van der Waals surface area contributed by atoms with Gasteiger partial charge in [0.05, 0.1) is 23.1 Å². The van der Waals surface area contributed by atoms with Crippen molar-refractivity contribution >= 4 is 10.0 Å². The SMILES string of the molecule is Cc1cc(S(=O)(=O)NCCO)ccc1C#N. The lowest BCUT2D eigenvalue weighted by molar-refractivity contribution is 0.301. The van der Waals surface area contributed by atoms with Crippen molar-refractivity contribution in [2.75, 3.05) is 13.2 Å². The number of aliphatic hydroxyl groups is 1. The molecule has 0 aliphatic heterocycles. The van der Waals surface area contributed by atoms with Crippen molar-refractivity contribution in [1.82, 2.24) is 4.72 Å². The lowest BCUT2D eigenvalue weighted by Gasteiger charge is -2.06. The topological polar surface area (TPSA) is 90.2 Å². The summed E-state index contributed by atoms with van der Waals surface area (Å²) in [6.45, 7) is 1.39. The molecule has 1 rings (SSSR count). The summed E-state index contributed by atoms with van der Waals surface area (Å²) in [6, 6.07) is 6.22. The Morgan fingerprint density at radius 1 is 1.50 bits per heavy atom. The van der Waals surface area contributed by atoms with Gasteiger partial charge >= 0.3 is 0 Å². The fourth-order valence-corrected chi connectivity index (χ4v) is 2.30. The highest BCUT2D eigenvalue weighted by molar-refractivity contribution is 7.89. The van der Waals surface area contributed by atoms with Crippen LogP contribution < -0.4 is 4.72 Å². The molecule has 0 heterocycles. The number of nitrogens with zero attached hydrogens (tertiary/aromatic N) is 1. The lowest BCUT2D eigenvalue weighted by atomic mass is 10.1. The Bertz CT molecular complexity index is 517. The molecule has 6 heteroatoms. The summed E-state index contributed by atoms with van der Waals surface area (Å²) in [5.74, 6) is 0. The van der Waals surface area contributed by atoms with Gasteiger partial charge in [-0.2, -0.15) is 5.26 Å². The highest BCUT2D eigenvalue weighted by Crippen LogP contribution is 2.14. The Morgan fingerprint density at radius 2 is 2.19 bits per heavy atom. The average molecular weight is 240 g/mol. The Hall–Kier alpha value is -1.42. The molecular formula is C10H12N2O3S. The molecule has 0 spiro atoms. The third kappa shape index (κ3) is 2.79. The molecule has 86 valence electrons. The monoisotopic (exact) mass is 240 g/mol. The van der Waals surface area contributed by atoms with Crippen molar-refractivity contribution in [2.45, 2.75) is 11.8 Å². The van der Waals surface area contributed by atoms with E-state index in [1.807, 2.05) is 6.07 Å². The molecule has 0 aliphatic carbocycles. The van der Waals surface area contributed by atoms with Gasteiger partial charge in [-0.15, -0.1) is 0 Å². The second-order valence-corrected chi connectivity index (χ2v) is 4.98. The van der Waals surface area contributed by atoms with Crippen LogP contribution in [0.1, 0.15) is 11.1 Å². The van der Waals surface area contributed by atoms with Gasteiger partial charge in [-0.1, -0.05) is 0 Å². The van der Waals surface area contributed by atoms with E-state index in [0.29, 0.717) is 11.1 Å². The fraction of sp³-hybridized carbons (Fsp3) is 0.300. The van der Waals surface area contributed by atoms with Crippen LogP contribution in [0.25, 0.3) is 0 Å². The third-order valence-electron chi connectivity index (χ3n) is 2.03. The highest BCUT2D eigenvalue weighted by atomic mass is 32.2. The van der Waals surface area contributed by atoms with E-state index in [9.17, 15) is 8.42 Å². The molecule has 16 heavy (non-hydrogen) atoms. The molecule has 0 saturated heterocycles. The van der Waals surface area contributed by atoms with Crippen LogP contribution in [0.2, 0.25) is 0 Å². The van der Waals surface area contributed by atoms with Crippen LogP contribution in [0, 0.1) is 18.3 Å². The first-order valence-electron chi connectivity index (χ1n) is 4.62. The van der Waals surface area contributed by atoms with E-state index in [-0.39, 0.29) is 18.0 Å². The molecule has 0 radical (unpaired) electrons. The zero-order valence-corrected chi connectivity index (χ0v) is 9.58. The van der Waals surface area contributed by atoms with Crippen molar-refractivity contribution < 1.29 is 13.5 Å². The second kappa shape index (κ2) is 5.07. The molecule has 1 aromatic rings. The maximum atomic E-state index is 11.6. The number of aliphatic hydroxyl groups excluding tert-OH is 1. The first kappa shape index (κ1) is 12.6. The maximum Gasteiger partial charge on any atom is 0.240 e. The number of nitriles is 1. The largest absolute Gasteiger partial charge is 0.395 e. The van der Waals surface area contributed by atoms with Gasteiger partial charge in [0.1, 0.15) is 0 Å². The third-order valence-corrected chi connectivity index (χ3v) is 3.49. The first-order chi connectivity index (χ1) is 7.51. The molecule has 0 aliphatic rings. The number of hydrogen-bond acceptors (Lipinski definition) is 4. The van der Waals surface area contributed by atoms with E-state index in [1.54, 1.807) is 6.92 Å². The number of benzene rings is 1. The molecule has 0 aromatic heterocycles. The van der Waals surface area contributed by atoms with Crippen LogP contribution in [0.5, 0.6) is 0 Å². The number of aryl methyl sites for hydroxylation is 1. The van der Waals surface area contributed by atoms with E-state index in [0.717, 1.165) is 0 Å². The quantitative estimate of drug-likeness (QED) is 0.783. The summed E-state index contributed by atoms with van der Waals surface area (Å²) in [7, 11) is -3.59. The van der Waals surface area contributed by atoms with Gasteiger partial charge in [0.2, 0.25) is 10.0 Å². The minimum atomic E-state index is -3.59. The highest BCUT2D eigenvalue weighted by Gasteiger charge is 2.13. The van der Waals surface area contributed by atoms with Crippen LogP contribution in [0.15, 0.2) is 23.1 Å². The molecular weight excluding hydrogens is 228 g/mol. The Morgan fingerprint density at radius 3 is 2.69 bits per heavy atom. The Balaban J connectivity index is 3.07. The normalized spacial score (nSPS) is 11.1. The summed E-state index contributed by atoms with van der Waals surface area (Å²) in [6.07, 6.45) is 0. The maximum absolute atomic E-state index is 11.6. The van der Waals surface area contributed by atoms with E-state index in [4.69, 9.17) is 10.4 Å². The molecule has 0 saturated carbocycles. The molecule has 2 N–H and O–H groups in total. The van der Waals surface area contributed by atoms with Crippen molar-refractivity contribution in [3.63, 3.8) is 0 Å². The second-order valence-electron chi connectivity index (χ2n) is 3.21. The predicted octanol–water partition coefficient (Wildman–Crippen LogP) is 0.137. The summed E-state index contributed by atoms with van der Waals surface area (Å²) >= 11 is 0. The molecule has 5 nitrogen and oxygen atoms in total. The van der Waals surface area contributed by atoms with Gasteiger partial charge in [-0.25, -0.2) is 13.1 Å². The molecule has 0 atom stereocenters. The average Bonchev–Trinajstić information content (AvgIpc) is 2.26. The van der Waals surface area contributed by atoms with Crippen molar-refractivity contribution in [3.8, 4) is 6.07 Å². The zero-order chi connectivity index (χ0) is 12.2. The van der Waals surface area contributed by atoms with Crippen LogP contribution in [0.3, 0.4) is 0 Å². The van der Waals surface area contributed by atoms with Crippen LogP contribution in [0.4, 0.5) is 0 Å². The summed E-state index contributed by atoms with van der Waals surface area (Å²) < 4.78 is 25.5. The van der Waals surface area contributed by atoms with Gasteiger partial charge in [-0.05, 0) is 30.7 Å². The smallest absolute Gasteiger partial charge is 0.240 e. The minimum absolute atomic E-state index is 0.0264. The number of rotatable bonds is 4. The molecule has 0 bridgehead atoms. The van der Waals surface area contributed by atoms with Gasteiger partial charge in [0.25, 0.3) is 0 Å². The van der Waals surface area contributed by atoms with Gasteiger partial charge < -0.3 is 5.11 Å². The Labute approximate surface area is 94.4 Å². The van der Waals surface area contributed by atoms with Gasteiger partial charge in [-0.3, -0.25) is 0 Å². The number of hydrogen-bond donors (Lipinski definition) is 2. The van der Waals surface area contributed by atoms with E-state index in [2.05, 4.69) is 4.72 Å². The van der Waals surface area contributed by atoms with Gasteiger partial charge in [0, 0.05) is 6.54 Å². The van der Waals surface area contributed by atoms with E-state index >= 15 is 0 Å². The number of nitrogens with one attached hydrogen (secondary N) is 1.